The lowest BCUT2D eigenvalue weighted by molar-refractivity contribution is -0.137. The van der Waals surface area contributed by atoms with Crippen molar-refractivity contribution >= 4 is 52.1 Å². The van der Waals surface area contributed by atoms with Crippen LogP contribution in [-0.4, -0.2) is 50.4 Å². The molecule has 0 bridgehead atoms. The summed E-state index contributed by atoms with van der Waals surface area (Å²) in [7, 11) is 0. The van der Waals surface area contributed by atoms with E-state index in [1.165, 1.54) is 11.8 Å². The van der Waals surface area contributed by atoms with Crippen LogP contribution in [0.25, 0.3) is 6.08 Å². The zero-order valence-electron chi connectivity index (χ0n) is 19.6. The minimum absolute atomic E-state index is 0.108. The summed E-state index contributed by atoms with van der Waals surface area (Å²) >= 11 is 6.68. The monoisotopic (exact) mass is 502 g/mol. The van der Waals surface area contributed by atoms with Crippen molar-refractivity contribution in [2.45, 2.75) is 65.3 Å². The number of amides is 1. The van der Waals surface area contributed by atoms with Crippen LogP contribution in [0.5, 0.6) is 0 Å². The van der Waals surface area contributed by atoms with Gasteiger partial charge in [-0.3, -0.25) is 23.9 Å². The summed E-state index contributed by atoms with van der Waals surface area (Å²) in [6.07, 6.45) is 6.65. The molecule has 0 spiro atoms. The minimum atomic E-state index is -0.820. The summed E-state index contributed by atoms with van der Waals surface area (Å²) in [5.41, 5.74) is 1.14. The van der Waals surface area contributed by atoms with Crippen molar-refractivity contribution in [2.75, 3.05) is 24.5 Å². The molecule has 2 saturated heterocycles. The number of anilines is 1. The average molecular weight is 503 g/mol. The van der Waals surface area contributed by atoms with Gasteiger partial charge in [-0.1, -0.05) is 37.3 Å². The summed E-state index contributed by atoms with van der Waals surface area (Å²) in [4.78, 5) is 41.2. The lowest BCUT2D eigenvalue weighted by atomic mass is 10.0. The number of unbranched alkanes of at least 4 members (excludes halogenated alkanes) is 2. The number of carbonyl (C=O) groups excluding carboxylic acids is 1. The van der Waals surface area contributed by atoms with E-state index in [-0.39, 0.29) is 23.5 Å². The maximum absolute atomic E-state index is 13.2. The molecule has 1 amide bonds. The van der Waals surface area contributed by atoms with Crippen molar-refractivity contribution < 1.29 is 14.7 Å². The second-order valence-electron chi connectivity index (χ2n) is 8.54. The molecule has 0 aliphatic carbocycles. The molecule has 0 radical (unpaired) electrons. The highest BCUT2D eigenvalue weighted by atomic mass is 32.2. The predicted octanol–water partition coefficient (Wildman–Crippen LogP) is 3.88. The van der Waals surface area contributed by atoms with Gasteiger partial charge in [0.2, 0.25) is 0 Å². The summed E-state index contributed by atoms with van der Waals surface area (Å²) in [5, 5.41) is 18.5. The SMILES string of the molecule is CCCn1c(N2CCCC2)c(C=C2SC(=S)N(CCCCCC(=O)O)C2=O)c(C)c(C#N)c1=O. The number of carbonyl (C=O) groups is 2. The molecule has 3 rings (SSSR count). The van der Waals surface area contributed by atoms with Gasteiger partial charge >= 0.3 is 5.97 Å². The molecule has 8 nitrogen and oxygen atoms in total. The zero-order valence-corrected chi connectivity index (χ0v) is 21.3. The van der Waals surface area contributed by atoms with Crippen molar-refractivity contribution in [3.63, 3.8) is 0 Å². The van der Waals surface area contributed by atoms with Gasteiger partial charge in [0.05, 0.1) is 4.91 Å². The van der Waals surface area contributed by atoms with E-state index in [0.29, 0.717) is 47.1 Å². The second kappa shape index (κ2) is 11.7. The van der Waals surface area contributed by atoms with E-state index in [2.05, 4.69) is 11.0 Å². The Kier molecular flexibility index (Phi) is 8.91. The Bertz CT molecular complexity index is 1110. The molecule has 182 valence electrons. The third kappa shape index (κ3) is 5.53. The molecule has 10 heteroatoms. The highest BCUT2D eigenvalue weighted by molar-refractivity contribution is 8.26. The normalized spacial score (nSPS) is 17.1. The van der Waals surface area contributed by atoms with Crippen molar-refractivity contribution in [3.8, 4) is 6.07 Å². The van der Waals surface area contributed by atoms with Gasteiger partial charge in [0.1, 0.15) is 21.8 Å². The Balaban J connectivity index is 1.96. The fraction of sp³-hybridized carbons (Fsp3) is 0.542. The fourth-order valence-electron chi connectivity index (χ4n) is 4.39. The second-order valence-corrected chi connectivity index (χ2v) is 10.2. The van der Waals surface area contributed by atoms with Crippen LogP contribution in [-0.2, 0) is 16.1 Å². The number of hydrogen-bond donors (Lipinski definition) is 1. The number of nitrogens with zero attached hydrogens (tertiary/aromatic N) is 4. The topological polar surface area (TPSA) is 107 Å². The Morgan fingerprint density at radius 3 is 2.53 bits per heavy atom. The predicted molar refractivity (Wildman–Crippen MR) is 138 cm³/mol. The van der Waals surface area contributed by atoms with E-state index >= 15 is 0 Å². The van der Waals surface area contributed by atoms with Crippen molar-refractivity contribution in [1.29, 1.82) is 5.26 Å². The molecule has 0 aromatic carbocycles. The number of thioether (sulfide) groups is 1. The molecule has 3 heterocycles. The highest BCUT2D eigenvalue weighted by Gasteiger charge is 2.33. The van der Waals surface area contributed by atoms with Gasteiger partial charge in [0.15, 0.2) is 0 Å². The third-order valence-electron chi connectivity index (χ3n) is 6.12. The van der Waals surface area contributed by atoms with E-state index in [1.54, 1.807) is 22.5 Å². The number of pyridine rings is 1. The molecule has 0 unspecified atom stereocenters. The van der Waals surface area contributed by atoms with Crippen molar-refractivity contribution in [1.82, 2.24) is 9.47 Å². The van der Waals surface area contributed by atoms with Crippen LogP contribution in [0.1, 0.15) is 68.6 Å². The van der Waals surface area contributed by atoms with Crippen molar-refractivity contribution in [2.24, 2.45) is 0 Å². The van der Waals surface area contributed by atoms with Gasteiger partial charge in [-0.2, -0.15) is 5.26 Å². The number of aliphatic carboxylic acids is 1. The molecule has 34 heavy (non-hydrogen) atoms. The van der Waals surface area contributed by atoms with E-state index in [0.717, 1.165) is 43.7 Å². The standard InChI is InChI=1S/C24H30N4O4S2/c1-3-10-27-21(26-11-7-8-12-26)17(16(2)18(15-25)22(27)31)14-19-23(32)28(24(33)34-19)13-6-4-5-9-20(29)30/h14H,3-13H2,1-2H3,(H,29,30). The number of thiocarbonyl (C=S) groups is 1. The summed E-state index contributed by atoms with van der Waals surface area (Å²) in [6, 6.07) is 2.07. The largest absolute Gasteiger partial charge is 0.481 e. The first-order valence-corrected chi connectivity index (χ1v) is 12.9. The van der Waals surface area contributed by atoms with E-state index in [4.69, 9.17) is 17.3 Å². The molecule has 1 aromatic rings. The molecular formula is C24H30N4O4S2. The van der Waals surface area contributed by atoms with Gasteiger partial charge in [0.25, 0.3) is 11.5 Å². The number of carboxylic acid groups (broad SMARTS) is 1. The quantitative estimate of drug-likeness (QED) is 0.292. The fourth-order valence-corrected chi connectivity index (χ4v) is 5.68. The number of carboxylic acids is 1. The first kappa shape index (κ1) is 26.0. The summed E-state index contributed by atoms with van der Waals surface area (Å²) < 4.78 is 2.16. The number of nitriles is 1. The smallest absolute Gasteiger partial charge is 0.303 e. The lowest BCUT2D eigenvalue weighted by Gasteiger charge is -2.26. The molecule has 1 N–H and O–H groups in total. The molecule has 2 aliphatic heterocycles. The van der Waals surface area contributed by atoms with Crippen LogP contribution in [0.3, 0.4) is 0 Å². The summed E-state index contributed by atoms with van der Waals surface area (Å²) in [6.45, 7) is 6.35. The average Bonchev–Trinajstić information content (AvgIpc) is 3.41. The molecule has 2 fully saturated rings. The van der Waals surface area contributed by atoms with Crippen LogP contribution in [0.4, 0.5) is 5.82 Å². The van der Waals surface area contributed by atoms with Gasteiger partial charge in [-0.25, -0.2) is 0 Å². The molecule has 1 aromatic heterocycles. The van der Waals surface area contributed by atoms with Gasteiger partial charge in [-0.05, 0) is 50.7 Å². The number of aromatic nitrogens is 1. The van der Waals surface area contributed by atoms with E-state index in [1.807, 2.05) is 6.92 Å². The Hall–Kier alpha value is -2.64. The van der Waals surface area contributed by atoms with Crippen molar-refractivity contribution in [3.05, 3.63) is 31.9 Å². The number of hydrogen-bond acceptors (Lipinski definition) is 7. The van der Waals surface area contributed by atoms with Gasteiger partial charge < -0.3 is 10.0 Å². The lowest BCUT2D eigenvalue weighted by Crippen LogP contribution is -2.33. The maximum atomic E-state index is 13.2. The third-order valence-corrected chi connectivity index (χ3v) is 7.50. The van der Waals surface area contributed by atoms with Crippen LogP contribution in [0.2, 0.25) is 0 Å². The Morgan fingerprint density at radius 2 is 1.91 bits per heavy atom. The first-order chi connectivity index (χ1) is 16.3. The first-order valence-electron chi connectivity index (χ1n) is 11.7. The Labute approximate surface area is 209 Å². The molecule has 2 aliphatic rings. The minimum Gasteiger partial charge on any atom is -0.481 e. The van der Waals surface area contributed by atoms with Crippen LogP contribution in [0, 0.1) is 18.3 Å². The highest BCUT2D eigenvalue weighted by Crippen LogP contribution is 2.36. The zero-order chi connectivity index (χ0) is 24.8. The van der Waals surface area contributed by atoms with E-state index < -0.39 is 5.97 Å². The maximum Gasteiger partial charge on any atom is 0.303 e. The van der Waals surface area contributed by atoms with Gasteiger partial charge in [-0.15, -0.1) is 0 Å². The summed E-state index contributed by atoms with van der Waals surface area (Å²) in [5.74, 6) is -0.231. The van der Waals surface area contributed by atoms with Gasteiger partial charge in [0, 0.05) is 38.2 Å². The van der Waals surface area contributed by atoms with Crippen LogP contribution >= 0.6 is 24.0 Å². The van der Waals surface area contributed by atoms with Crippen LogP contribution < -0.4 is 10.5 Å². The molecule has 0 saturated carbocycles. The number of rotatable bonds is 10. The molecular weight excluding hydrogens is 472 g/mol. The molecule has 0 atom stereocenters. The Morgan fingerprint density at radius 1 is 1.21 bits per heavy atom. The van der Waals surface area contributed by atoms with E-state index in [9.17, 15) is 19.6 Å². The van der Waals surface area contributed by atoms with Crippen LogP contribution in [0.15, 0.2) is 9.70 Å².